The topological polar surface area (TPSA) is 123 Å². The summed E-state index contributed by atoms with van der Waals surface area (Å²) in [5.41, 5.74) is 4.92. The summed E-state index contributed by atoms with van der Waals surface area (Å²) in [5, 5.41) is 0. The van der Waals surface area contributed by atoms with Gasteiger partial charge in [-0.05, 0) is 28.4 Å². The minimum Gasteiger partial charge on any atom is -0.383 e. The van der Waals surface area contributed by atoms with Crippen molar-refractivity contribution in [2.45, 2.75) is 19.9 Å². The van der Waals surface area contributed by atoms with E-state index in [1.54, 1.807) is 12.3 Å². The van der Waals surface area contributed by atoms with Crippen molar-refractivity contribution in [1.82, 2.24) is 14.5 Å². The van der Waals surface area contributed by atoms with Crippen molar-refractivity contribution in [3.63, 3.8) is 0 Å². The quantitative estimate of drug-likeness (QED) is 0.681. The lowest BCUT2D eigenvalue weighted by atomic mass is 10.2. The van der Waals surface area contributed by atoms with E-state index in [9.17, 15) is 14.4 Å². The molecule has 0 bridgehead atoms. The second-order valence-corrected chi connectivity index (χ2v) is 6.40. The van der Waals surface area contributed by atoms with E-state index in [4.69, 9.17) is 10.5 Å². The van der Waals surface area contributed by atoms with Crippen molar-refractivity contribution >= 4 is 33.3 Å². The minimum atomic E-state index is -0.729. The molecule has 0 atom stereocenters. The Kier molecular flexibility index (Phi) is 6.70. The van der Waals surface area contributed by atoms with Crippen LogP contribution in [0, 0.1) is 0 Å². The first-order valence-electron chi connectivity index (χ1n) is 7.94. The number of anilines is 2. The molecule has 26 heavy (non-hydrogen) atoms. The van der Waals surface area contributed by atoms with Gasteiger partial charge in [0.25, 0.3) is 11.5 Å². The van der Waals surface area contributed by atoms with Crippen LogP contribution in [0.1, 0.15) is 23.7 Å². The Morgan fingerprint density at radius 2 is 2.15 bits per heavy atom. The first-order chi connectivity index (χ1) is 12.4. The van der Waals surface area contributed by atoms with E-state index in [1.165, 1.54) is 22.8 Å². The van der Waals surface area contributed by atoms with E-state index < -0.39 is 17.2 Å². The lowest BCUT2D eigenvalue weighted by molar-refractivity contribution is 0.0975. The van der Waals surface area contributed by atoms with Crippen molar-refractivity contribution in [2.75, 3.05) is 30.9 Å². The SMILES string of the molecule is CCCn1c(N)c(N(CCOC)C(=O)c2cncc(Br)c2)c(=O)[nH]c1=O. The number of nitrogens with two attached hydrogens (primary N) is 1. The summed E-state index contributed by atoms with van der Waals surface area (Å²) in [4.78, 5) is 44.8. The number of rotatable bonds is 7. The third kappa shape index (κ3) is 4.20. The molecule has 2 aromatic heterocycles. The van der Waals surface area contributed by atoms with E-state index in [1.807, 2.05) is 6.92 Å². The standard InChI is InChI=1S/C16H20BrN5O4/c1-3-4-22-13(18)12(14(23)20-16(22)25)21(5-6-26-2)15(24)10-7-11(17)9-19-8-10/h7-9H,3-6,18H2,1-2H3,(H,20,23,25). The van der Waals surface area contributed by atoms with E-state index >= 15 is 0 Å². The highest BCUT2D eigenvalue weighted by atomic mass is 79.9. The third-order valence-corrected chi connectivity index (χ3v) is 4.08. The summed E-state index contributed by atoms with van der Waals surface area (Å²) in [7, 11) is 1.48. The average molecular weight is 426 g/mol. The Morgan fingerprint density at radius 3 is 2.77 bits per heavy atom. The predicted molar refractivity (Wildman–Crippen MR) is 102 cm³/mol. The number of carbonyl (C=O) groups excluding carboxylic acids is 1. The molecule has 0 aromatic carbocycles. The van der Waals surface area contributed by atoms with E-state index in [-0.39, 0.29) is 30.2 Å². The molecule has 10 heteroatoms. The molecule has 2 aromatic rings. The zero-order chi connectivity index (χ0) is 19.3. The number of nitrogens with zero attached hydrogens (tertiary/aromatic N) is 3. The number of pyridine rings is 1. The number of methoxy groups -OCH3 is 1. The molecule has 2 rings (SSSR count). The highest BCUT2D eigenvalue weighted by Crippen LogP contribution is 2.20. The molecule has 0 spiro atoms. The van der Waals surface area contributed by atoms with Crippen molar-refractivity contribution in [1.29, 1.82) is 0 Å². The van der Waals surface area contributed by atoms with Gasteiger partial charge in [-0.25, -0.2) is 4.79 Å². The highest BCUT2D eigenvalue weighted by Gasteiger charge is 2.25. The Balaban J connectivity index is 2.60. The van der Waals surface area contributed by atoms with Gasteiger partial charge in [0.05, 0.1) is 12.2 Å². The van der Waals surface area contributed by atoms with Crippen molar-refractivity contribution in [3.8, 4) is 0 Å². The maximum Gasteiger partial charge on any atom is 0.330 e. The first kappa shape index (κ1) is 19.9. The van der Waals surface area contributed by atoms with Crippen LogP contribution in [0.3, 0.4) is 0 Å². The van der Waals surface area contributed by atoms with Crippen LogP contribution in [0.15, 0.2) is 32.5 Å². The van der Waals surface area contributed by atoms with Crippen molar-refractivity contribution in [2.24, 2.45) is 0 Å². The summed E-state index contributed by atoms with van der Waals surface area (Å²) in [5.74, 6) is -0.539. The van der Waals surface area contributed by atoms with E-state index in [0.29, 0.717) is 17.4 Å². The number of aromatic nitrogens is 3. The number of ether oxygens (including phenoxy) is 1. The normalized spacial score (nSPS) is 10.7. The molecule has 0 saturated carbocycles. The lowest BCUT2D eigenvalue weighted by Crippen LogP contribution is -2.42. The lowest BCUT2D eigenvalue weighted by Gasteiger charge is -2.24. The number of nitrogens with one attached hydrogen (secondary N) is 1. The van der Waals surface area contributed by atoms with Gasteiger partial charge in [-0.1, -0.05) is 6.92 Å². The predicted octanol–water partition coefficient (Wildman–Crippen LogP) is 0.979. The van der Waals surface area contributed by atoms with Crippen LogP contribution >= 0.6 is 15.9 Å². The van der Waals surface area contributed by atoms with E-state index in [0.717, 1.165) is 0 Å². The van der Waals surface area contributed by atoms with Crippen molar-refractivity contribution in [3.05, 3.63) is 49.3 Å². The summed E-state index contributed by atoms with van der Waals surface area (Å²) in [6.07, 6.45) is 3.56. The average Bonchev–Trinajstić information content (AvgIpc) is 2.60. The van der Waals surface area contributed by atoms with Crippen LogP contribution in [-0.2, 0) is 11.3 Å². The Labute approximate surface area is 157 Å². The van der Waals surface area contributed by atoms with Gasteiger partial charge in [0, 0.05) is 37.1 Å². The number of amides is 1. The molecule has 3 N–H and O–H groups in total. The molecular weight excluding hydrogens is 406 g/mol. The second-order valence-electron chi connectivity index (χ2n) is 5.49. The highest BCUT2D eigenvalue weighted by molar-refractivity contribution is 9.10. The number of H-pyrrole nitrogens is 1. The molecular formula is C16H20BrN5O4. The Bertz CT molecular complexity index is 908. The van der Waals surface area contributed by atoms with Gasteiger partial charge in [0.15, 0.2) is 5.69 Å². The summed E-state index contributed by atoms with van der Waals surface area (Å²) in [6, 6.07) is 1.58. The van der Waals surface area contributed by atoms with E-state index in [2.05, 4.69) is 25.9 Å². The monoisotopic (exact) mass is 425 g/mol. The van der Waals surface area contributed by atoms with Gasteiger partial charge in [-0.2, -0.15) is 0 Å². The fourth-order valence-electron chi connectivity index (χ4n) is 2.47. The second kappa shape index (κ2) is 8.77. The number of aromatic amines is 1. The van der Waals surface area contributed by atoms with Crippen LogP contribution in [0.2, 0.25) is 0 Å². The van der Waals surface area contributed by atoms with Gasteiger partial charge in [-0.3, -0.25) is 29.0 Å². The Morgan fingerprint density at radius 1 is 1.42 bits per heavy atom. The zero-order valence-corrected chi connectivity index (χ0v) is 16.1. The van der Waals surface area contributed by atoms with Gasteiger partial charge < -0.3 is 10.5 Å². The molecule has 140 valence electrons. The molecule has 0 aliphatic carbocycles. The summed E-state index contributed by atoms with van der Waals surface area (Å²) < 4.78 is 6.90. The Hall–Kier alpha value is -2.46. The number of carbonyl (C=O) groups is 1. The van der Waals surface area contributed by atoms with Crippen LogP contribution in [0.25, 0.3) is 0 Å². The van der Waals surface area contributed by atoms with Gasteiger partial charge in [-0.15, -0.1) is 0 Å². The maximum atomic E-state index is 13.0. The summed E-state index contributed by atoms with van der Waals surface area (Å²) in [6.45, 7) is 2.45. The first-order valence-corrected chi connectivity index (χ1v) is 8.74. The molecule has 0 aliphatic heterocycles. The molecule has 1 amide bonds. The van der Waals surface area contributed by atoms with Gasteiger partial charge >= 0.3 is 5.69 Å². The smallest absolute Gasteiger partial charge is 0.330 e. The number of hydrogen-bond acceptors (Lipinski definition) is 6. The molecule has 0 aliphatic rings. The maximum absolute atomic E-state index is 13.0. The molecule has 9 nitrogen and oxygen atoms in total. The number of halogens is 1. The van der Waals surface area contributed by atoms with Gasteiger partial charge in [0.2, 0.25) is 0 Å². The third-order valence-electron chi connectivity index (χ3n) is 3.65. The molecule has 0 unspecified atom stereocenters. The van der Waals surface area contributed by atoms with Crippen LogP contribution in [0.4, 0.5) is 11.5 Å². The molecule has 0 fully saturated rings. The number of nitrogen functional groups attached to an aromatic ring is 1. The summed E-state index contributed by atoms with van der Waals surface area (Å²) >= 11 is 3.26. The largest absolute Gasteiger partial charge is 0.383 e. The fraction of sp³-hybridized carbons (Fsp3) is 0.375. The van der Waals surface area contributed by atoms with Crippen LogP contribution in [0.5, 0.6) is 0 Å². The van der Waals surface area contributed by atoms with Crippen LogP contribution in [-0.4, -0.2) is 40.7 Å². The van der Waals surface area contributed by atoms with Crippen molar-refractivity contribution < 1.29 is 9.53 Å². The number of hydrogen-bond donors (Lipinski definition) is 2. The zero-order valence-electron chi connectivity index (χ0n) is 14.5. The molecule has 2 heterocycles. The fourth-order valence-corrected chi connectivity index (χ4v) is 2.83. The van der Waals surface area contributed by atoms with Crippen LogP contribution < -0.4 is 21.9 Å². The molecule has 0 saturated heterocycles. The minimum absolute atomic E-state index is 0.0620. The van der Waals surface area contributed by atoms with Gasteiger partial charge in [0.1, 0.15) is 5.82 Å². The molecule has 0 radical (unpaired) electrons.